The van der Waals surface area contributed by atoms with Crippen molar-refractivity contribution in [2.75, 3.05) is 19.6 Å². The highest BCUT2D eigenvalue weighted by molar-refractivity contribution is 5.94. The van der Waals surface area contributed by atoms with Crippen molar-refractivity contribution in [1.82, 2.24) is 4.90 Å². The normalized spacial score (nSPS) is 17.0. The second kappa shape index (κ2) is 6.32. The van der Waals surface area contributed by atoms with Crippen molar-refractivity contribution < 1.29 is 4.79 Å². The van der Waals surface area contributed by atoms with Crippen LogP contribution in [0, 0.1) is 24.2 Å². The third kappa shape index (κ3) is 3.86. The average Bonchev–Trinajstić information content (AvgIpc) is 2.44. The Morgan fingerprint density at radius 1 is 1.43 bits per heavy atom. The molecule has 21 heavy (non-hydrogen) atoms. The molecule has 2 rings (SSSR count). The van der Waals surface area contributed by atoms with Crippen LogP contribution >= 0.6 is 0 Å². The maximum absolute atomic E-state index is 12.7. The van der Waals surface area contributed by atoms with Crippen LogP contribution in [0.25, 0.3) is 0 Å². The Hall–Kier alpha value is -1.79. The van der Waals surface area contributed by atoms with Gasteiger partial charge in [-0.25, -0.2) is 0 Å². The molecule has 3 heteroatoms. The van der Waals surface area contributed by atoms with Gasteiger partial charge in [-0.3, -0.25) is 4.79 Å². The lowest BCUT2D eigenvalue weighted by molar-refractivity contribution is 0.0583. The molecule has 0 aliphatic carbocycles. The van der Waals surface area contributed by atoms with Crippen molar-refractivity contribution in [3.8, 4) is 11.8 Å². The van der Waals surface area contributed by atoms with Gasteiger partial charge in [0.1, 0.15) is 0 Å². The number of nitrogens with zero attached hydrogens (tertiary/aromatic N) is 1. The van der Waals surface area contributed by atoms with E-state index in [1.165, 1.54) is 6.42 Å². The van der Waals surface area contributed by atoms with Crippen LogP contribution in [-0.4, -0.2) is 30.4 Å². The molecule has 0 saturated carbocycles. The number of carbonyl (C=O) groups excluding carboxylic acids is 1. The van der Waals surface area contributed by atoms with Gasteiger partial charge in [-0.05, 0) is 42.9 Å². The van der Waals surface area contributed by atoms with E-state index in [4.69, 9.17) is 5.73 Å². The zero-order valence-electron chi connectivity index (χ0n) is 13.2. The smallest absolute Gasteiger partial charge is 0.253 e. The third-order valence-corrected chi connectivity index (χ3v) is 4.00. The minimum Gasteiger partial charge on any atom is -0.338 e. The van der Waals surface area contributed by atoms with Crippen molar-refractivity contribution in [3.63, 3.8) is 0 Å². The van der Waals surface area contributed by atoms with Crippen molar-refractivity contribution >= 4 is 5.91 Å². The van der Waals surface area contributed by atoms with E-state index in [9.17, 15) is 4.79 Å². The van der Waals surface area contributed by atoms with Gasteiger partial charge in [0.2, 0.25) is 0 Å². The van der Waals surface area contributed by atoms with Gasteiger partial charge in [0.15, 0.2) is 0 Å². The molecule has 0 unspecified atom stereocenters. The Kier molecular flexibility index (Phi) is 4.69. The molecule has 0 aromatic heterocycles. The molecule has 1 aromatic rings. The van der Waals surface area contributed by atoms with E-state index in [0.29, 0.717) is 6.54 Å². The Morgan fingerprint density at radius 3 is 2.86 bits per heavy atom. The summed E-state index contributed by atoms with van der Waals surface area (Å²) in [6.45, 7) is 8.44. The largest absolute Gasteiger partial charge is 0.338 e. The molecular formula is C18H24N2O. The summed E-state index contributed by atoms with van der Waals surface area (Å²) in [6, 6.07) is 5.75. The van der Waals surface area contributed by atoms with Crippen LogP contribution < -0.4 is 5.73 Å². The summed E-state index contributed by atoms with van der Waals surface area (Å²) in [4.78, 5) is 14.6. The first kappa shape index (κ1) is 15.6. The van der Waals surface area contributed by atoms with Crippen LogP contribution in [-0.2, 0) is 0 Å². The maximum Gasteiger partial charge on any atom is 0.253 e. The minimum atomic E-state index is 0.110. The number of hydrogen-bond acceptors (Lipinski definition) is 2. The lowest BCUT2D eigenvalue weighted by Crippen LogP contribution is -2.43. The highest BCUT2D eigenvalue weighted by atomic mass is 16.2. The summed E-state index contributed by atoms with van der Waals surface area (Å²) in [5.74, 6) is 6.01. The Balaban J connectivity index is 2.23. The summed E-state index contributed by atoms with van der Waals surface area (Å²) in [6.07, 6.45) is 2.25. The summed E-state index contributed by atoms with van der Waals surface area (Å²) < 4.78 is 0. The van der Waals surface area contributed by atoms with E-state index >= 15 is 0 Å². The van der Waals surface area contributed by atoms with Gasteiger partial charge in [-0.2, -0.15) is 0 Å². The molecule has 0 spiro atoms. The zero-order valence-corrected chi connectivity index (χ0v) is 13.2. The van der Waals surface area contributed by atoms with Gasteiger partial charge in [-0.1, -0.05) is 31.8 Å². The molecule has 0 bridgehead atoms. The predicted octanol–water partition coefficient (Wildman–Crippen LogP) is 2.57. The van der Waals surface area contributed by atoms with Gasteiger partial charge in [-0.15, -0.1) is 0 Å². The summed E-state index contributed by atoms with van der Waals surface area (Å²) in [7, 11) is 0. The van der Waals surface area contributed by atoms with E-state index in [0.717, 1.165) is 36.2 Å². The van der Waals surface area contributed by atoms with Crippen LogP contribution in [0.4, 0.5) is 0 Å². The fraction of sp³-hybridized carbons (Fsp3) is 0.500. The lowest BCUT2D eigenvalue weighted by atomic mass is 9.84. The van der Waals surface area contributed by atoms with E-state index in [-0.39, 0.29) is 11.3 Å². The van der Waals surface area contributed by atoms with Crippen molar-refractivity contribution in [1.29, 1.82) is 0 Å². The number of rotatable bonds is 1. The van der Waals surface area contributed by atoms with Gasteiger partial charge in [0.25, 0.3) is 5.91 Å². The second-order valence-electron chi connectivity index (χ2n) is 6.53. The standard InChI is InChI=1S/C18H24N2O/c1-14-7-8-16(12-15(14)6-4-10-19)17(21)20-11-5-9-18(2,3)13-20/h7-8,12H,5,9-11,13,19H2,1-3H3. The third-order valence-electron chi connectivity index (χ3n) is 4.00. The van der Waals surface area contributed by atoms with E-state index < -0.39 is 0 Å². The predicted molar refractivity (Wildman–Crippen MR) is 86.0 cm³/mol. The Bertz CT molecular complexity index is 593. The molecule has 1 aromatic carbocycles. The van der Waals surface area contributed by atoms with Crippen LogP contribution in [0.2, 0.25) is 0 Å². The van der Waals surface area contributed by atoms with Gasteiger partial charge >= 0.3 is 0 Å². The first-order valence-corrected chi connectivity index (χ1v) is 7.52. The summed E-state index contributed by atoms with van der Waals surface area (Å²) in [5.41, 5.74) is 8.32. The van der Waals surface area contributed by atoms with Gasteiger partial charge < -0.3 is 10.6 Å². The minimum absolute atomic E-state index is 0.110. The topological polar surface area (TPSA) is 46.3 Å². The quantitative estimate of drug-likeness (QED) is 0.806. The number of benzene rings is 1. The molecular weight excluding hydrogens is 260 g/mol. The van der Waals surface area contributed by atoms with Crippen molar-refractivity contribution in [3.05, 3.63) is 34.9 Å². The number of aryl methyl sites for hydroxylation is 1. The fourth-order valence-electron chi connectivity index (χ4n) is 2.82. The number of piperidine rings is 1. The zero-order chi connectivity index (χ0) is 15.5. The molecule has 2 N–H and O–H groups in total. The van der Waals surface area contributed by atoms with Gasteiger partial charge in [0, 0.05) is 24.2 Å². The van der Waals surface area contributed by atoms with Gasteiger partial charge in [0.05, 0.1) is 6.54 Å². The highest BCUT2D eigenvalue weighted by Gasteiger charge is 2.29. The molecule has 1 aliphatic heterocycles. The van der Waals surface area contributed by atoms with Crippen LogP contribution in [0.5, 0.6) is 0 Å². The first-order valence-electron chi connectivity index (χ1n) is 7.52. The van der Waals surface area contributed by atoms with E-state index in [1.807, 2.05) is 30.0 Å². The number of likely N-dealkylation sites (tertiary alicyclic amines) is 1. The summed E-state index contributed by atoms with van der Waals surface area (Å²) in [5, 5.41) is 0. The molecule has 1 saturated heterocycles. The monoisotopic (exact) mass is 284 g/mol. The number of hydrogen-bond donors (Lipinski definition) is 1. The molecule has 3 nitrogen and oxygen atoms in total. The van der Waals surface area contributed by atoms with Crippen LogP contribution in [0.1, 0.15) is 48.2 Å². The molecule has 1 fully saturated rings. The van der Waals surface area contributed by atoms with Crippen molar-refractivity contribution in [2.45, 2.75) is 33.6 Å². The lowest BCUT2D eigenvalue weighted by Gasteiger charge is -2.38. The fourth-order valence-corrected chi connectivity index (χ4v) is 2.82. The molecule has 112 valence electrons. The maximum atomic E-state index is 12.7. The molecule has 0 atom stereocenters. The van der Waals surface area contributed by atoms with Crippen LogP contribution in [0.15, 0.2) is 18.2 Å². The summed E-state index contributed by atoms with van der Waals surface area (Å²) >= 11 is 0. The average molecular weight is 284 g/mol. The van der Waals surface area contributed by atoms with E-state index in [1.54, 1.807) is 0 Å². The first-order chi connectivity index (χ1) is 9.93. The van der Waals surface area contributed by atoms with Crippen LogP contribution in [0.3, 0.4) is 0 Å². The number of amides is 1. The number of carbonyl (C=O) groups is 1. The van der Waals surface area contributed by atoms with Crippen molar-refractivity contribution in [2.24, 2.45) is 11.1 Å². The Morgan fingerprint density at radius 2 is 2.19 bits per heavy atom. The number of nitrogens with two attached hydrogens (primary N) is 1. The second-order valence-corrected chi connectivity index (χ2v) is 6.53. The van der Waals surface area contributed by atoms with E-state index in [2.05, 4.69) is 25.7 Å². The molecule has 1 aliphatic rings. The Labute approximate surface area is 127 Å². The highest BCUT2D eigenvalue weighted by Crippen LogP contribution is 2.29. The molecule has 0 radical (unpaired) electrons. The molecule has 1 heterocycles. The molecule has 1 amide bonds. The SMILES string of the molecule is Cc1ccc(C(=O)N2CCCC(C)(C)C2)cc1C#CCN.